The van der Waals surface area contributed by atoms with Crippen LogP contribution in [0.3, 0.4) is 0 Å². The van der Waals surface area contributed by atoms with Crippen molar-refractivity contribution < 1.29 is 4.79 Å². The van der Waals surface area contributed by atoms with E-state index in [1.165, 1.54) is 42.3 Å². The Balaban J connectivity index is 1.20. The van der Waals surface area contributed by atoms with E-state index in [0.717, 1.165) is 44.9 Å². The van der Waals surface area contributed by atoms with E-state index >= 15 is 0 Å². The molecule has 5 heteroatoms. The van der Waals surface area contributed by atoms with Gasteiger partial charge in [-0.25, -0.2) is 0 Å². The maximum Gasteiger partial charge on any atom is 0.234 e. The van der Waals surface area contributed by atoms with Crippen LogP contribution in [0.2, 0.25) is 0 Å². The SMILES string of the molecule is N#CCC(=O)NC1CCC(CCN2CCN(c3cccc4ccccc34)CC2)CC1. The molecular weight excluding hydrogens is 372 g/mol. The lowest BCUT2D eigenvalue weighted by Crippen LogP contribution is -2.47. The van der Waals surface area contributed by atoms with Crippen LogP contribution in [0.1, 0.15) is 38.5 Å². The normalized spacial score (nSPS) is 22.6. The minimum absolute atomic E-state index is 0.0231. The van der Waals surface area contributed by atoms with E-state index < -0.39 is 0 Å². The monoisotopic (exact) mass is 404 g/mol. The molecule has 30 heavy (non-hydrogen) atoms. The number of nitrogens with zero attached hydrogens (tertiary/aromatic N) is 3. The largest absolute Gasteiger partial charge is 0.368 e. The van der Waals surface area contributed by atoms with Gasteiger partial charge in [0.1, 0.15) is 6.42 Å². The van der Waals surface area contributed by atoms with Crippen LogP contribution in [0.4, 0.5) is 5.69 Å². The fourth-order valence-electron chi connectivity index (χ4n) is 5.01. The summed E-state index contributed by atoms with van der Waals surface area (Å²) in [6.07, 6.45) is 5.71. The van der Waals surface area contributed by atoms with Crippen molar-refractivity contribution in [3.8, 4) is 6.07 Å². The number of hydrogen-bond donors (Lipinski definition) is 1. The Bertz CT molecular complexity index is 884. The predicted molar refractivity (Wildman–Crippen MR) is 121 cm³/mol. The highest BCUT2D eigenvalue weighted by molar-refractivity contribution is 5.94. The molecule has 1 N–H and O–H groups in total. The van der Waals surface area contributed by atoms with E-state index in [1.807, 2.05) is 6.07 Å². The van der Waals surface area contributed by atoms with Gasteiger partial charge in [-0.15, -0.1) is 0 Å². The Morgan fingerprint density at radius 1 is 1.00 bits per heavy atom. The Morgan fingerprint density at radius 2 is 1.73 bits per heavy atom. The van der Waals surface area contributed by atoms with Gasteiger partial charge < -0.3 is 10.2 Å². The number of carbonyl (C=O) groups is 1. The molecule has 0 bridgehead atoms. The number of anilines is 1. The number of benzene rings is 2. The zero-order chi connectivity index (χ0) is 20.8. The van der Waals surface area contributed by atoms with Crippen LogP contribution in [-0.2, 0) is 4.79 Å². The van der Waals surface area contributed by atoms with Crippen LogP contribution in [0.5, 0.6) is 0 Å². The van der Waals surface area contributed by atoms with Crippen LogP contribution >= 0.6 is 0 Å². The van der Waals surface area contributed by atoms with E-state index in [-0.39, 0.29) is 18.4 Å². The fourth-order valence-corrected chi connectivity index (χ4v) is 5.01. The highest BCUT2D eigenvalue weighted by atomic mass is 16.1. The van der Waals surface area contributed by atoms with Gasteiger partial charge in [-0.05, 0) is 56.0 Å². The van der Waals surface area contributed by atoms with E-state index in [2.05, 4.69) is 57.6 Å². The van der Waals surface area contributed by atoms with Crippen LogP contribution < -0.4 is 10.2 Å². The van der Waals surface area contributed by atoms with Crippen LogP contribution in [-0.4, -0.2) is 49.6 Å². The first-order chi connectivity index (χ1) is 14.7. The summed E-state index contributed by atoms with van der Waals surface area (Å²) in [4.78, 5) is 16.7. The summed E-state index contributed by atoms with van der Waals surface area (Å²) in [6.45, 7) is 5.61. The molecule has 1 heterocycles. The number of rotatable bonds is 6. The molecule has 1 amide bonds. The van der Waals surface area contributed by atoms with E-state index in [9.17, 15) is 4.79 Å². The molecule has 0 spiro atoms. The molecule has 0 atom stereocenters. The van der Waals surface area contributed by atoms with Crippen LogP contribution in [0, 0.1) is 17.2 Å². The van der Waals surface area contributed by atoms with Gasteiger partial charge in [-0.2, -0.15) is 5.26 Å². The lowest BCUT2D eigenvalue weighted by atomic mass is 9.84. The average molecular weight is 405 g/mol. The zero-order valence-corrected chi connectivity index (χ0v) is 17.7. The summed E-state index contributed by atoms with van der Waals surface area (Å²) < 4.78 is 0. The molecule has 2 fully saturated rings. The van der Waals surface area contributed by atoms with Gasteiger partial charge in [0.25, 0.3) is 0 Å². The van der Waals surface area contributed by atoms with Crippen molar-refractivity contribution in [3.05, 3.63) is 42.5 Å². The van der Waals surface area contributed by atoms with Crippen molar-refractivity contribution in [2.75, 3.05) is 37.6 Å². The lowest BCUT2D eigenvalue weighted by Gasteiger charge is -2.37. The highest BCUT2D eigenvalue weighted by Crippen LogP contribution is 2.29. The molecule has 1 aliphatic carbocycles. The first kappa shape index (κ1) is 20.7. The van der Waals surface area contributed by atoms with E-state index in [1.54, 1.807) is 0 Å². The predicted octanol–water partition coefficient (Wildman–Crippen LogP) is 3.94. The summed E-state index contributed by atoms with van der Waals surface area (Å²) in [6, 6.07) is 17.5. The molecule has 158 valence electrons. The summed E-state index contributed by atoms with van der Waals surface area (Å²) in [5, 5.41) is 14.3. The maximum atomic E-state index is 11.6. The molecule has 5 nitrogen and oxygen atoms in total. The minimum Gasteiger partial charge on any atom is -0.368 e. The van der Waals surface area contributed by atoms with Gasteiger partial charge in [-0.3, -0.25) is 9.69 Å². The molecule has 0 unspecified atom stereocenters. The first-order valence-corrected chi connectivity index (χ1v) is 11.3. The van der Waals surface area contributed by atoms with Gasteiger partial charge >= 0.3 is 0 Å². The van der Waals surface area contributed by atoms with Gasteiger partial charge in [0.05, 0.1) is 6.07 Å². The van der Waals surface area contributed by atoms with Crippen molar-refractivity contribution in [2.24, 2.45) is 5.92 Å². The average Bonchev–Trinajstić information content (AvgIpc) is 2.79. The maximum absolute atomic E-state index is 11.6. The second-order valence-corrected chi connectivity index (χ2v) is 8.74. The molecule has 2 aromatic rings. The molecule has 1 aliphatic heterocycles. The molecule has 1 saturated heterocycles. The lowest BCUT2D eigenvalue weighted by molar-refractivity contribution is -0.121. The number of hydrogen-bond acceptors (Lipinski definition) is 4. The first-order valence-electron chi connectivity index (χ1n) is 11.3. The fraction of sp³-hybridized carbons (Fsp3) is 0.520. The second-order valence-electron chi connectivity index (χ2n) is 8.74. The Morgan fingerprint density at radius 3 is 2.50 bits per heavy atom. The molecule has 0 aromatic heterocycles. The number of piperazine rings is 1. The molecule has 1 saturated carbocycles. The van der Waals surface area contributed by atoms with Gasteiger partial charge in [0, 0.05) is 43.3 Å². The Labute approximate surface area is 179 Å². The number of nitrogens with one attached hydrogen (secondary N) is 1. The third-order valence-electron chi connectivity index (χ3n) is 6.78. The van der Waals surface area contributed by atoms with Gasteiger partial charge in [-0.1, -0.05) is 36.4 Å². The molecule has 4 rings (SSSR count). The third kappa shape index (κ3) is 5.12. The van der Waals surface area contributed by atoms with Crippen molar-refractivity contribution in [3.63, 3.8) is 0 Å². The van der Waals surface area contributed by atoms with Gasteiger partial charge in [0.15, 0.2) is 0 Å². The summed E-state index contributed by atoms with van der Waals surface area (Å²) in [7, 11) is 0. The number of carbonyl (C=O) groups excluding carboxylic acids is 1. The number of fused-ring (bicyclic) bond motifs is 1. The standard InChI is InChI=1S/C25H32N4O/c26-14-12-25(30)27-22-10-8-20(9-11-22)13-15-28-16-18-29(19-17-28)24-7-3-5-21-4-1-2-6-23(21)24/h1-7,20,22H,8-13,15-19H2,(H,27,30). The van der Waals surface area contributed by atoms with Gasteiger partial charge in [0.2, 0.25) is 5.91 Å². The summed E-state index contributed by atoms with van der Waals surface area (Å²) in [5.41, 5.74) is 1.37. The van der Waals surface area contributed by atoms with E-state index in [4.69, 9.17) is 5.26 Å². The smallest absolute Gasteiger partial charge is 0.234 e. The van der Waals surface area contributed by atoms with Crippen molar-refractivity contribution in [2.45, 2.75) is 44.6 Å². The number of amides is 1. The number of nitriles is 1. The van der Waals surface area contributed by atoms with Crippen molar-refractivity contribution >= 4 is 22.4 Å². The Kier molecular flexibility index (Phi) is 6.86. The molecular formula is C25H32N4O. The zero-order valence-electron chi connectivity index (χ0n) is 17.7. The van der Waals surface area contributed by atoms with Crippen molar-refractivity contribution in [1.29, 1.82) is 5.26 Å². The van der Waals surface area contributed by atoms with Crippen LogP contribution in [0.25, 0.3) is 10.8 Å². The second kappa shape index (κ2) is 9.95. The molecule has 2 aliphatic rings. The summed E-state index contributed by atoms with van der Waals surface area (Å²) in [5.74, 6) is 0.648. The Hall–Kier alpha value is -2.58. The molecule has 2 aromatic carbocycles. The topological polar surface area (TPSA) is 59.4 Å². The van der Waals surface area contributed by atoms with Crippen LogP contribution in [0.15, 0.2) is 42.5 Å². The van der Waals surface area contributed by atoms with E-state index in [0.29, 0.717) is 0 Å². The highest BCUT2D eigenvalue weighted by Gasteiger charge is 2.24. The third-order valence-corrected chi connectivity index (χ3v) is 6.78. The minimum atomic E-state index is -0.120. The molecule has 0 radical (unpaired) electrons. The van der Waals surface area contributed by atoms with Crippen molar-refractivity contribution in [1.82, 2.24) is 10.2 Å². The quantitative estimate of drug-likeness (QED) is 0.792. The summed E-state index contributed by atoms with van der Waals surface area (Å²) >= 11 is 0.